The monoisotopic (exact) mass is 245 g/mol. The van der Waals surface area contributed by atoms with Gasteiger partial charge in [-0.25, -0.2) is 0 Å². The molecule has 0 bridgehead atoms. The predicted molar refractivity (Wildman–Crippen MR) is 67.2 cm³/mol. The lowest BCUT2D eigenvalue weighted by molar-refractivity contribution is 0.297. The number of para-hydroxylation sites is 1. The highest BCUT2D eigenvalue weighted by molar-refractivity contribution is 5.37. The van der Waals surface area contributed by atoms with Crippen LogP contribution in [0.4, 0.5) is 0 Å². The van der Waals surface area contributed by atoms with Crippen LogP contribution in [0.1, 0.15) is 11.1 Å². The Balaban J connectivity index is 2.28. The second kappa shape index (κ2) is 6.09. The van der Waals surface area contributed by atoms with Gasteiger partial charge in [-0.1, -0.05) is 18.2 Å². The number of hydrogen-bond acceptors (Lipinski definition) is 5. The summed E-state index contributed by atoms with van der Waals surface area (Å²) in [6.45, 7) is 0.414. The topological polar surface area (TPSA) is 81.3 Å². The minimum absolute atomic E-state index is 0.0740. The molecule has 0 fully saturated rings. The first-order chi connectivity index (χ1) is 8.85. The summed E-state index contributed by atoms with van der Waals surface area (Å²) in [6.07, 6.45) is 2.11. The summed E-state index contributed by atoms with van der Waals surface area (Å²) < 4.78 is 5.72. The van der Waals surface area contributed by atoms with Crippen molar-refractivity contribution >= 4 is 0 Å². The van der Waals surface area contributed by atoms with E-state index in [0.717, 1.165) is 11.1 Å². The predicted octanol–water partition coefficient (Wildman–Crippen LogP) is 1.26. The van der Waals surface area contributed by atoms with Crippen LogP contribution in [0.2, 0.25) is 0 Å². The van der Waals surface area contributed by atoms with Gasteiger partial charge in [-0.2, -0.15) is 5.10 Å². The molecule has 0 aliphatic carbocycles. The average molecular weight is 245 g/mol. The van der Waals surface area contributed by atoms with Gasteiger partial charge in [0, 0.05) is 18.7 Å². The molecule has 0 amide bonds. The highest BCUT2D eigenvalue weighted by Gasteiger charge is 2.08. The van der Waals surface area contributed by atoms with E-state index in [4.69, 9.17) is 15.6 Å². The zero-order chi connectivity index (χ0) is 12.8. The first-order valence-corrected chi connectivity index (χ1v) is 5.72. The van der Waals surface area contributed by atoms with Gasteiger partial charge in [0.2, 0.25) is 5.88 Å². The summed E-state index contributed by atoms with van der Waals surface area (Å²) in [5.74, 6) is 1.08. The summed E-state index contributed by atoms with van der Waals surface area (Å²) in [4.78, 5) is 0. The maximum absolute atomic E-state index is 9.01. The number of rotatable bonds is 5. The summed E-state index contributed by atoms with van der Waals surface area (Å²) in [7, 11) is 0. The first kappa shape index (κ1) is 12.5. The zero-order valence-electron chi connectivity index (χ0n) is 9.91. The Labute approximate surface area is 105 Å². The van der Waals surface area contributed by atoms with Crippen LogP contribution >= 0.6 is 0 Å². The van der Waals surface area contributed by atoms with Crippen molar-refractivity contribution in [3.8, 4) is 11.6 Å². The second-order valence-electron chi connectivity index (χ2n) is 3.75. The maximum Gasteiger partial charge on any atom is 0.243 e. The standard InChI is InChI=1S/C13H15N3O2/c14-9-11-5-7-15-16-13(11)18-12-4-2-1-3-10(12)6-8-17/h1-5,7,17H,6,8-9,14H2. The van der Waals surface area contributed by atoms with Gasteiger partial charge in [0.05, 0.1) is 6.20 Å². The van der Waals surface area contributed by atoms with Crippen LogP contribution < -0.4 is 10.5 Å². The van der Waals surface area contributed by atoms with Crippen LogP contribution in [-0.4, -0.2) is 21.9 Å². The van der Waals surface area contributed by atoms with Gasteiger partial charge in [0.15, 0.2) is 0 Å². The number of benzene rings is 1. The van der Waals surface area contributed by atoms with Gasteiger partial charge in [0.1, 0.15) is 5.75 Å². The van der Waals surface area contributed by atoms with Crippen molar-refractivity contribution in [1.29, 1.82) is 0 Å². The molecule has 0 unspecified atom stereocenters. The minimum Gasteiger partial charge on any atom is -0.437 e. The lowest BCUT2D eigenvalue weighted by atomic mass is 10.1. The van der Waals surface area contributed by atoms with Crippen molar-refractivity contribution in [1.82, 2.24) is 10.2 Å². The van der Waals surface area contributed by atoms with Crippen LogP contribution in [-0.2, 0) is 13.0 Å². The van der Waals surface area contributed by atoms with Gasteiger partial charge in [-0.15, -0.1) is 5.10 Å². The molecule has 2 rings (SSSR count). The van der Waals surface area contributed by atoms with E-state index in [9.17, 15) is 0 Å². The second-order valence-corrected chi connectivity index (χ2v) is 3.75. The van der Waals surface area contributed by atoms with E-state index in [2.05, 4.69) is 10.2 Å². The molecule has 1 heterocycles. The molecule has 0 saturated heterocycles. The van der Waals surface area contributed by atoms with Crippen LogP contribution in [0, 0.1) is 0 Å². The molecule has 1 aromatic heterocycles. The fourth-order valence-corrected chi connectivity index (χ4v) is 1.62. The molecular formula is C13H15N3O2. The van der Waals surface area contributed by atoms with Gasteiger partial charge >= 0.3 is 0 Å². The highest BCUT2D eigenvalue weighted by Crippen LogP contribution is 2.25. The summed E-state index contributed by atoms with van der Waals surface area (Å²) in [5, 5.41) is 16.7. The van der Waals surface area contributed by atoms with E-state index in [0.29, 0.717) is 24.6 Å². The zero-order valence-corrected chi connectivity index (χ0v) is 9.91. The summed E-state index contributed by atoms with van der Waals surface area (Å²) >= 11 is 0. The number of aromatic nitrogens is 2. The minimum atomic E-state index is 0.0740. The molecular weight excluding hydrogens is 230 g/mol. The molecule has 0 atom stereocenters. The molecule has 0 saturated carbocycles. The Morgan fingerprint density at radius 2 is 2.00 bits per heavy atom. The fourth-order valence-electron chi connectivity index (χ4n) is 1.62. The molecule has 94 valence electrons. The van der Waals surface area contributed by atoms with E-state index in [1.807, 2.05) is 24.3 Å². The van der Waals surface area contributed by atoms with Crippen LogP contribution in [0.5, 0.6) is 11.6 Å². The lowest BCUT2D eigenvalue weighted by Crippen LogP contribution is -2.03. The third kappa shape index (κ3) is 2.82. The molecule has 0 radical (unpaired) electrons. The quantitative estimate of drug-likeness (QED) is 0.828. The summed E-state index contributed by atoms with van der Waals surface area (Å²) in [5.41, 5.74) is 7.33. The maximum atomic E-state index is 9.01. The van der Waals surface area contributed by atoms with Gasteiger partial charge in [-0.3, -0.25) is 0 Å². The van der Waals surface area contributed by atoms with Crippen LogP contribution in [0.15, 0.2) is 36.5 Å². The van der Waals surface area contributed by atoms with Crippen molar-refractivity contribution in [3.63, 3.8) is 0 Å². The highest BCUT2D eigenvalue weighted by atomic mass is 16.5. The molecule has 1 aromatic carbocycles. The molecule has 5 nitrogen and oxygen atoms in total. The number of nitrogens with two attached hydrogens (primary N) is 1. The third-order valence-electron chi connectivity index (χ3n) is 2.55. The molecule has 0 aliphatic rings. The lowest BCUT2D eigenvalue weighted by Gasteiger charge is -2.11. The van der Waals surface area contributed by atoms with Gasteiger partial charge in [0.25, 0.3) is 0 Å². The van der Waals surface area contributed by atoms with Gasteiger partial charge < -0.3 is 15.6 Å². The van der Waals surface area contributed by atoms with E-state index in [-0.39, 0.29) is 6.61 Å². The number of aliphatic hydroxyl groups is 1. The number of hydrogen-bond donors (Lipinski definition) is 2. The molecule has 18 heavy (non-hydrogen) atoms. The number of nitrogens with zero attached hydrogens (tertiary/aromatic N) is 2. The van der Waals surface area contributed by atoms with Crippen LogP contribution in [0.25, 0.3) is 0 Å². The van der Waals surface area contributed by atoms with E-state index < -0.39 is 0 Å². The Kier molecular flexibility index (Phi) is 4.22. The van der Waals surface area contributed by atoms with Crippen molar-refractivity contribution in [2.24, 2.45) is 5.73 Å². The number of aliphatic hydroxyl groups excluding tert-OH is 1. The van der Waals surface area contributed by atoms with E-state index in [1.54, 1.807) is 12.3 Å². The smallest absolute Gasteiger partial charge is 0.243 e. The average Bonchev–Trinajstić information content (AvgIpc) is 2.42. The normalized spacial score (nSPS) is 10.3. The Morgan fingerprint density at radius 1 is 1.17 bits per heavy atom. The molecule has 5 heteroatoms. The molecule has 0 aliphatic heterocycles. The van der Waals surface area contributed by atoms with Crippen molar-refractivity contribution in [3.05, 3.63) is 47.7 Å². The van der Waals surface area contributed by atoms with Crippen molar-refractivity contribution in [2.75, 3.05) is 6.61 Å². The number of ether oxygens (including phenoxy) is 1. The largest absolute Gasteiger partial charge is 0.437 e. The van der Waals surface area contributed by atoms with Crippen LogP contribution in [0.3, 0.4) is 0 Å². The SMILES string of the molecule is NCc1ccnnc1Oc1ccccc1CCO. The molecule has 0 spiro atoms. The third-order valence-corrected chi connectivity index (χ3v) is 2.55. The Hall–Kier alpha value is -1.98. The van der Waals surface area contributed by atoms with E-state index in [1.165, 1.54) is 0 Å². The fraction of sp³-hybridized carbons (Fsp3) is 0.231. The van der Waals surface area contributed by atoms with Gasteiger partial charge in [-0.05, 0) is 24.1 Å². The Morgan fingerprint density at radius 3 is 2.78 bits per heavy atom. The molecule has 3 N–H and O–H groups in total. The first-order valence-electron chi connectivity index (χ1n) is 5.72. The van der Waals surface area contributed by atoms with Crippen molar-refractivity contribution < 1.29 is 9.84 Å². The Bertz CT molecular complexity index is 517. The summed E-state index contributed by atoms with van der Waals surface area (Å²) in [6, 6.07) is 9.29. The van der Waals surface area contributed by atoms with E-state index >= 15 is 0 Å². The molecule has 2 aromatic rings. The van der Waals surface area contributed by atoms with Crippen molar-refractivity contribution in [2.45, 2.75) is 13.0 Å².